The van der Waals surface area contributed by atoms with Gasteiger partial charge in [-0.3, -0.25) is 0 Å². The summed E-state index contributed by atoms with van der Waals surface area (Å²) in [5, 5.41) is 0. The van der Waals surface area contributed by atoms with E-state index >= 15 is 0 Å². The molecule has 0 aliphatic heterocycles. The molecule has 0 radical (unpaired) electrons. The Labute approximate surface area is 120 Å². The van der Waals surface area contributed by atoms with Gasteiger partial charge in [-0.1, -0.05) is 48.6 Å². The maximum atomic E-state index is 5.42. The summed E-state index contributed by atoms with van der Waals surface area (Å²) in [5.74, 6) is 1.60. The van der Waals surface area contributed by atoms with Crippen molar-refractivity contribution in [2.24, 2.45) is 0 Å². The van der Waals surface area contributed by atoms with Crippen molar-refractivity contribution in [3.05, 3.63) is 65.2 Å². The molecule has 2 aromatic rings. The second-order valence-electron chi connectivity index (χ2n) is 4.60. The molecule has 0 atom stereocenters. The summed E-state index contributed by atoms with van der Waals surface area (Å²) < 4.78 is 10.7. The predicted octanol–water partition coefficient (Wildman–Crippen LogP) is 4.27. The monoisotopic (exact) mass is 268 g/mol. The van der Waals surface area contributed by atoms with Crippen LogP contribution >= 0.6 is 0 Å². The third-order valence-electron chi connectivity index (χ3n) is 3.35. The fraction of sp³-hybridized carbons (Fsp3) is 0.222. The molecule has 0 amide bonds. The lowest BCUT2D eigenvalue weighted by molar-refractivity contribution is 0.352. The highest BCUT2D eigenvalue weighted by Crippen LogP contribution is 2.33. The first kappa shape index (κ1) is 14.2. The fourth-order valence-electron chi connectivity index (χ4n) is 2.23. The van der Waals surface area contributed by atoms with Crippen molar-refractivity contribution >= 4 is 6.08 Å². The van der Waals surface area contributed by atoms with Crippen molar-refractivity contribution in [2.45, 2.75) is 13.3 Å². The molecular formula is C18H20O2. The molecule has 0 N–H and O–H groups in total. The van der Waals surface area contributed by atoms with Crippen molar-refractivity contribution in [3.63, 3.8) is 0 Å². The van der Waals surface area contributed by atoms with Crippen LogP contribution in [0, 0.1) is 6.92 Å². The van der Waals surface area contributed by atoms with Crippen molar-refractivity contribution in [1.29, 1.82) is 0 Å². The van der Waals surface area contributed by atoms with Gasteiger partial charge in [0.15, 0.2) is 11.5 Å². The minimum atomic E-state index is 0.779. The summed E-state index contributed by atoms with van der Waals surface area (Å²) in [6, 6.07) is 14.3. The molecule has 0 fully saturated rings. The first-order valence-corrected chi connectivity index (χ1v) is 6.68. The maximum absolute atomic E-state index is 5.42. The normalized spacial score (nSPS) is 10.8. The van der Waals surface area contributed by atoms with Gasteiger partial charge in [0.2, 0.25) is 0 Å². The Bertz CT molecular complexity index is 586. The average Bonchev–Trinajstić information content (AvgIpc) is 2.49. The van der Waals surface area contributed by atoms with Crippen molar-refractivity contribution in [3.8, 4) is 11.5 Å². The molecule has 0 heterocycles. The molecule has 0 aromatic heterocycles. The highest BCUT2D eigenvalue weighted by atomic mass is 16.5. The quantitative estimate of drug-likeness (QED) is 0.806. The SMILES string of the molecule is COc1ccc(C/C=C/c2ccccc2)c(C)c1OC. The van der Waals surface area contributed by atoms with Gasteiger partial charge in [0.25, 0.3) is 0 Å². The van der Waals surface area contributed by atoms with Gasteiger partial charge >= 0.3 is 0 Å². The van der Waals surface area contributed by atoms with E-state index in [4.69, 9.17) is 9.47 Å². The molecule has 2 aromatic carbocycles. The molecular weight excluding hydrogens is 248 g/mol. The zero-order valence-corrected chi connectivity index (χ0v) is 12.2. The van der Waals surface area contributed by atoms with Crippen LogP contribution in [0.2, 0.25) is 0 Å². The Morgan fingerprint density at radius 1 is 0.950 bits per heavy atom. The first-order chi connectivity index (χ1) is 9.76. The Morgan fingerprint density at radius 2 is 1.70 bits per heavy atom. The van der Waals surface area contributed by atoms with Crippen molar-refractivity contribution < 1.29 is 9.47 Å². The smallest absolute Gasteiger partial charge is 0.163 e. The Morgan fingerprint density at radius 3 is 2.35 bits per heavy atom. The largest absolute Gasteiger partial charge is 0.493 e. The Balaban J connectivity index is 2.16. The van der Waals surface area contributed by atoms with E-state index in [2.05, 4.69) is 37.3 Å². The third-order valence-corrected chi connectivity index (χ3v) is 3.35. The van der Waals surface area contributed by atoms with Crippen LogP contribution < -0.4 is 9.47 Å². The summed E-state index contributed by atoms with van der Waals surface area (Å²) in [7, 11) is 3.33. The molecule has 0 bridgehead atoms. The lowest BCUT2D eigenvalue weighted by Gasteiger charge is -2.13. The van der Waals surface area contributed by atoms with Crippen LogP contribution in [-0.4, -0.2) is 14.2 Å². The molecule has 2 nitrogen and oxygen atoms in total. The molecule has 0 saturated carbocycles. The number of hydrogen-bond acceptors (Lipinski definition) is 2. The van der Waals surface area contributed by atoms with E-state index < -0.39 is 0 Å². The van der Waals surface area contributed by atoms with Gasteiger partial charge in [0, 0.05) is 0 Å². The number of methoxy groups -OCH3 is 2. The van der Waals surface area contributed by atoms with Crippen LogP contribution in [0.5, 0.6) is 11.5 Å². The minimum Gasteiger partial charge on any atom is -0.493 e. The summed E-state index contributed by atoms with van der Waals surface area (Å²) in [5.41, 5.74) is 3.59. The van der Waals surface area contributed by atoms with E-state index in [1.165, 1.54) is 11.1 Å². The van der Waals surface area contributed by atoms with Crippen LogP contribution in [0.15, 0.2) is 48.5 Å². The Kier molecular flexibility index (Phi) is 4.83. The van der Waals surface area contributed by atoms with Crippen LogP contribution in [0.25, 0.3) is 6.08 Å². The van der Waals surface area contributed by atoms with E-state index in [0.717, 1.165) is 23.5 Å². The zero-order valence-electron chi connectivity index (χ0n) is 12.2. The van der Waals surface area contributed by atoms with Crippen LogP contribution in [0.4, 0.5) is 0 Å². The second-order valence-corrected chi connectivity index (χ2v) is 4.60. The van der Waals surface area contributed by atoms with Gasteiger partial charge < -0.3 is 9.47 Å². The standard InChI is InChI=1S/C18H20O2/c1-14-16(12-13-17(19-2)18(14)20-3)11-7-10-15-8-5-4-6-9-15/h4-10,12-13H,11H2,1-3H3/b10-7+. The third kappa shape index (κ3) is 3.21. The molecule has 20 heavy (non-hydrogen) atoms. The Hall–Kier alpha value is -2.22. The molecule has 2 rings (SSSR count). The van der Waals surface area contributed by atoms with Crippen LogP contribution in [0.1, 0.15) is 16.7 Å². The van der Waals surface area contributed by atoms with E-state index in [1.807, 2.05) is 24.3 Å². The molecule has 2 heteroatoms. The van der Waals surface area contributed by atoms with Gasteiger partial charge in [-0.15, -0.1) is 0 Å². The second kappa shape index (κ2) is 6.80. The number of rotatable bonds is 5. The summed E-state index contributed by atoms with van der Waals surface area (Å²) in [6.45, 7) is 2.06. The summed E-state index contributed by atoms with van der Waals surface area (Å²) in [6.07, 6.45) is 5.18. The van der Waals surface area contributed by atoms with Gasteiger partial charge in [-0.25, -0.2) is 0 Å². The number of benzene rings is 2. The zero-order chi connectivity index (χ0) is 14.4. The molecule has 0 saturated heterocycles. The van der Waals surface area contributed by atoms with E-state index in [0.29, 0.717) is 0 Å². The maximum Gasteiger partial charge on any atom is 0.163 e. The van der Waals surface area contributed by atoms with E-state index in [-0.39, 0.29) is 0 Å². The summed E-state index contributed by atoms with van der Waals surface area (Å²) >= 11 is 0. The lowest BCUT2D eigenvalue weighted by Crippen LogP contribution is -1.96. The topological polar surface area (TPSA) is 18.5 Å². The van der Waals surface area contributed by atoms with Gasteiger partial charge in [-0.2, -0.15) is 0 Å². The van der Waals surface area contributed by atoms with Crippen LogP contribution in [-0.2, 0) is 6.42 Å². The molecule has 0 aliphatic carbocycles. The van der Waals surface area contributed by atoms with Gasteiger partial charge in [0.05, 0.1) is 14.2 Å². The number of ether oxygens (including phenoxy) is 2. The molecule has 0 spiro atoms. The van der Waals surface area contributed by atoms with Gasteiger partial charge in [0.1, 0.15) is 0 Å². The molecule has 0 unspecified atom stereocenters. The minimum absolute atomic E-state index is 0.779. The average molecular weight is 268 g/mol. The lowest BCUT2D eigenvalue weighted by atomic mass is 10.0. The fourth-order valence-corrected chi connectivity index (χ4v) is 2.23. The summed E-state index contributed by atoms with van der Waals surface area (Å²) in [4.78, 5) is 0. The van der Waals surface area contributed by atoms with Crippen molar-refractivity contribution in [2.75, 3.05) is 14.2 Å². The molecule has 0 aliphatic rings. The predicted molar refractivity (Wildman–Crippen MR) is 83.5 cm³/mol. The number of allylic oxidation sites excluding steroid dienone is 1. The van der Waals surface area contributed by atoms with Crippen LogP contribution in [0.3, 0.4) is 0 Å². The molecule has 104 valence electrons. The number of hydrogen-bond donors (Lipinski definition) is 0. The first-order valence-electron chi connectivity index (χ1n) is 6.68. The van der Waals surface area contributed by atoms with E-state index in [1.54, 1.807) is 14.2 Å². The van der Waals surface area contributed by atoms with Gasteiger partial charge in [-0.05, 0) is 36.1 Å². The van der Waals surface area contributed by atoms with Crippen molar-refractivity contribution in [1.82, 2.24) is 0 Å². The van der Waals surface area contributed by atoms with E-state index in [9.17, 15) is 0 Å². The highest BCUT2D eigenvalue weighted by Gasteiger charge is 2.09. The highest BCUT2D eigenvalue weighted by molar-refractivity contribution is 5.53.